The van der Waals surface area contributed by atoms with Crippen LogP contribution in [-0.2, 0) is 24.0 Å². The van der Waals surface area contributed by atoms with Crippen LogP contribution in [0.4, 0.5) is 0 Å². The van der Waals surface area contributed by atoms with Crippen LogP contribution < -0.4 is 21.7 Å². The van der Waals surface area contributed by atoms with Crippen molar-refractivity contribution in [3.05, 3.63) is 0 Å². The summed E-state index contributed by atoms with van der Waals surface area (Å²) in [5.74, 6) is -5.91. The Morgan fingerprint density at radius 1 is 0.774 bits per heavy atom. The Kier molecular flexibility index (Phi) is 11.7. The third kappa shape index (κ3) is 10.2. The van der Waals surface area contributed by atoms with E-state index in [1.807, 2.05) is 19.2 Å². The van der Waals surface area contributed by atoms with E-state index >= 15 is 0 Å². The van der Waals surface area contributed by atoms with Gasteiger partial charge in [-0.25, -0.2) is 4.79 Å². The van der Waals surface area contributed by atoms with Gasteiger partial charge in [-0.15, -0.1) is 0 Å². The second-order valence-corrected chi connectivity index (χ2v) is 7.69. The number of nitrogens with two attached hydrogens (primary N) is 1. The zero-order valence-corrected chi connectivity index (χ0v) is 17.9. The lowest BCUT2D eigenvalue weighted by molar-refractivity contribution is -0.146. The number of hydrogen-bond donors (Lipinski definition) is 8. The summed E-state index contributed by atoms with van der Waals surface area (Å²) in [6.45, 7) is 5.88. The molecular weight excluding hydrogens is 416 g/mol. The van der Waals surface area contributed by atoms with Gasteiger partial charge in [-0.1, -0.05) is 13.8 Å². The van der Waals surface area contributed by atoms with E-state index in [1.54, 1.807) is 0 Å². The van der Waals surface area contributed by atoms with Gasteiger partial charge in [-0.05, 0) is 26.2 Å². The molecule has 31 heavy (non-hydrogen) atoms. The fourth-order valence-electron chi connectivity index (χ4n) is 2.57. The quantitative estimate of drug-likeness (QED) is 0.144. The van der Waals surface area contributed by atoms with Crippen LogP contribution in [0.3, 0.4) is 0 Å². The molecule has 0 aliphatic rings. The normalized spacial score (nSPS) is 16.9. The Bertz CT molecular complexity index is 666. The van der Waals surface area contributed by atoms with E-state index in [4.69, 9.17) is 15.9 Å². The summed E-state index contributed by atoms with van der Waals surface area (Å²) in [6, 6.07) is -6.01. The van der Waals surface area contributed by atoms with Crippen LogP contribution in [0.15, 0.2) is 0 Å². The maximum absolute atomic E-state index is 12.5. The van der Waals surface area contributed by atoms with Crippen molar-refractivity contribution in [2.75, 3.05) is 0 Å². The van der Waals surface area contributed by atoms with Crippen molar-refractivity contribution >= 4 is 29.7 Å². The van der Waals surface area contributed by atoms with Crippen molar-refractivity contribution in [1.29, 1.82) is 0 Å². The van der Waals surface area contributed by atoms with E-state index in [0.717, 1.165) is 13.8 Å². The Balaban J connectivity index is 5.43. The molecule has 0 aromatic heterocycles. The molecule has 0 radical (unpaired) electrons. The number of carboxylic acids is 2. The molecule has 3 amide bonds. The smallest absolute Gasteiger partial charge is 0.328 e. The lowest BCUT2D eigenvalue weighted by Crippen LogP contribution is -2.61. The number of aliphatic carboxylic acids is 2. The van der Waals surface area contributed by atoms with Crippen molar-refractivity contribution in [1.82, 2.24) is 16.0 Å². The summed E-state index contributed by atoms with van der Waals surface area (Å²) >= 11 is 0. The number of carbonyl (C=O) groups excluding carboxylic acids is 3. The molecule has 178 valence electrons. The third-order valence-electron chi connectivity index (χ3n) is 4.18. The highest BCUT2D eigenvalue weighted by Crippen LogP contribution is 2.05. The SMILES string of the molecule is CC(C)CC(N)C(=O)NC(CC(=O)O)C(=O)NC(C(=O)NC(C(=O)O)C(C)O)C(C)O. The molecule has 0 aromatic carbocycles. The van der Waals surface area contributed by atoms with Gasteiger partial charge in [0.1, 0.15) is 12.1 Å². The first kappa shape index (κ1) is 28.2. The fraction of sp³-hybridized carbons (Fsp3) is 0.722. The van der Waals surface area contributed by atoms with Gasteiger partial charge in [0.05, 0.1) is 24.7 Å². The van der Waals surface area contributed by atoms with E-state index in [9.17, 15) is 34.2 Å². The van der Waals surface area contributed by atoms with E-state index in [2.05, 4.69) is 10.6 Å². The highest BCUT2D eigenvalue weighted by molar-refractivity contribution is 5.95. The van der Waals surface area contributed by atoms with Gasteiger partial charge in [-0.3, -0.25) is 19.2 Å². The molecule has 0 aliphatic heterocycles. The zero-order chi connectivity index (χ0) is 24.5. The van der Waals surface area contributed by atoms with Crippen LogP contribution in [-0.4, -0.2) is 86.5 Å². The number of carbonyl (C=O) groups is 5. The van der Waals surface area contributed by atoms with Gasteiger partial charge >= 0.3 is 11.9 Å². The van der Waals surface area contributed by atoms with Gasteiger partial charge in [0.15, 0.2) is 6.04 Å². The lowest BCUT2D eigenvalue weighted by atomic mass is 10.0. The van der Waals surface area contributed by atoms with Crippen LogP contribution in [0.5, 0.6) is 0 Å². The summed E-state index contributed by atoms with van der Waals surface area (Å²) in [7, 11) is 0. The highest BCUT2D eigenvalue weighted by atomic mass is 16.4. The third-order valence-corrected chi connectivity index (χ3v) is 4.18. The van der Waals surface area contributed by atoms with Crippen molar-refractivity contribution < 1.29 is 44.4 Å². The van der Waals surface area contributed by atoms with E-state index in [1.165, 1.54) is 0 Å². The molecule has 0 aliphatic carbocycles. The Morgan fingerprint density at radius 3 is 1.65 bits per heavy atom. The molecule has 0 spiro atoms. The fourth-order valence-corrected chi connectivity index (χ4v) is 2.57. The molecular formula is C18H32N4O9. The minimum Gasteiger partial charge on any atom is -0.481 e. The average molecular weight is 448 g/mol. The van der Waals surface area contributed by atoms with Crippen LogP contribution in [0.1, 0.15) is 40.5 Å². The van der Waals surface area contributed by atoms with Gasteiger partial charge in [0.2, 0.25) is 17.7 Å². The summed E-state index contributed by atoms with van der Waals surface area (Å²) in [5, 5.41) is 43.7. The molecule has 0 rings (SSSR count). The van der Waals surface area contributed by atoms with Gasteiger partial charge < -0.3 is 42.1 Å². The second kappa shape index (κ2) is 12.8. The summed E-state index contributed by atoms with van der Waals surface area (Å²) in [6.07, 6.45) is -3.54. The number of amides is 3. The largest absolute Gasteiger partial charge is 0.481 e. The molecule has 13 nitrogen and oxygen atoms in total. The predicted molar refractivity (Wildman–Crippen MR) is 106 cm³/mol. The van der Waals surface area contributed by atoms with E-state index in [-0.39, 0.29) is 12.3 Å². The van der Waals surface area contributed by atoms with Crippen LogP contribution in [0, 0.1) is 5.92 Å². The molecule has 0 bridgehead atoms. The minimum atomic E-state index is -1.71. The average Bonchev–Trinajstić information content (AvgIpc) is 2.61. The molecule has 0 fully saturated rings. The lowest BCUT2D eigenvalue weighted by Gasteiger charge is -2.26. The number of aliphatic hydroxyl groups excluding tert-OH is 2. The van der Waals surface area contributed by atoms with E-state index in [0.29, 0.717) is 0 Å². The Labute approximate surface area is 179 Å². The maximum Gasteiger partial charge on any atom is 0.328 e. The molecule has 9 N–H and O–H groups in total. The Hall–Kier alpha value is -2.77. The first-order valence-corrected chi connectivity index (χ1v) is 9.64. The van der Waals surface area contributed by atoms with Gasteiger partial charge in [0, 0.05) is 0 Å². The van der Waals surface area contributed by atoms with Crippen LogP contribution >= 0.6 is 0 Å². The van der Waals surface area contributed by atoms with Gasteiger partial charge in [-0.2, -0.15) is 0 Å². The van der Waals surface area contributed by atoms with Crippen molar-refractivity contribution in [2.24, 2.45) is 11.7 Å². The van der Waals surface area contributed by atoms with E-state index < -0.39 is 72.5 Å². The van der Waals surface area contributed by atoms with Crippen molar-refractivity contribution in [3.63, 3.8) is 0 Å². The van der Waals surface area contributed by atoms with Crippen LogP contribution in [0.2, 0.25) is 0 Å². The van der Waals surface area contributed by atoms with Crippen molar-refractivity contribution in [3.8, 4) is 0 Å². The summed E-state index contributed by atoms with van der Waals surface area (Å²) in [5.41, 5.74) is 5.73. The number of rotatable bonds is 13. The molecule has 13 heteroatoms. The first-order chi connectivity index (χ1) is 14.2. The molecule has 6 unspecified atom stereocenters. The number of carboxylic acid groups (broad SMARTS) is 2. The Morgan fingerprint density at radius 2 is 1.26 bits per heavy atom. The molecule has 0 heterocycles. The van der Waals surface area contributed by atoms with Crippen LogP contribution in [0.25, 0.3) is 0 Å². The molecule has 0 saturated heterocycles. The topological polar surface area (TPSA) is 228 Å². The maximum atomic E-state index is 12.5. The summed E-state index contributed by atoms with van der Waals surface area (Å²) in [4.78, 5) is 59.3. The highest BCUT2D eigenvalue weighted by Gasteiger charge is 2.34. The number of nitrogens with one attached hydrogen (secondary N) is 3. The first-order valence-electron chi connectivity index (χ1n) is 9.64. The number of hydrogen-bond acceptors (Lipinski definition) is 8. The van der Waals surface area contributed by atoms with Gasteiger partial charge in [0.25, 0.3) is 0 Å². The molecule has 6 atom stereocenters. The standard InChI is InChI=1S/C18H32N4O9/c1-7(2)5-10(19)15(27)20-11(6-12(25)26)16(28)21-13(8(3)23)17(29)22-14(9(4)24)18(30)31/h7-11,13-14,23-24H,5-6,19H2,1-4H3,(H,20,27)(H,21,28)(H,22,29)(H,25,26)(H,30,31). The number of aliphatic hydroxyl groups is 2. The summed E-state index contributed by atoms with van der Waals surface area (Å²) < 4.78 is 0. The molecule has 0 aromatic rings. The molecule has 0 saturated carbocycles. The second-order valence-electron chi connectivity index (χ2n) is 7.69. The predicted octanol–water partition coefficient (Wildman–Crippen LogP) is -2.86. The monoisotopic (exact) mass is 448 g/mol. The minimum absolute atomic E-state index is 0.0620. The van der Waals surface area contributed by atoms with Crippen molar-refractivity contribution in [2.45, 2.75) is 76.9 Å². The zero-order valence-electron chi connectivity index (χ0n) is 17.9.